The van der Waals surface area contributed by atoms with Crippen molar-refractivity contribution in [2.45, 2.75) is 12.2 Å². The monoisotopic (exact) mass is 149 g/mol. The van der Waals surface area contributed by atoms with E-state index in [1.807, 2.05) is 0 Å². The van der Waals surface area contributed by atoms with Gasteiger partial charge in [0.15, 0.2) is 9.84 Å². The van der Waals surface area contributed by atoms with Crippen molar-refractivity contribution >= 4 is 9.84 Å². The summed E-state index contributed by atoms with van der Waals surface area (Å²) in [5, 5.41) is 0.430. The standard InChI is InChI=1S/C5H11NO2S/c1-3-9(7,8)5(2)4-6/h3,5H,1,4,6H2,2H3. The second-order valence-corrected chi connectivity index (χ2v) is 4.12. The molecule has 0 amide bonds. The van der Waals surface area contributed by atoms with E-state index >= 15 is 0 Å². The average Bonchev–Trinajstić information content (AvgIpc) is 1.86. The summed E-state index contributed by atoms with van der Waals surface area (Å²) in [7, 11) is -3.11. The van der Waals surface area contributed by atoms with Gasteiger partial charge in [0, 0.05) is 12.0 Å². The van der Waals surface area contributed by atoms with Gasteiger partial charge >= 0.3 is 0 Å². The first-order valence-electron chi connectivity index (χ1n) is 2.61. The molecule has 54 valence electrons. The molecular weight excluding hydrogens is 138 g/mol. The second kappa shape index (κ2) is 2.98. The smallest absolute Gasteiger partial charge is 0.174 e. The van der Waals surface area contributed by atoms with Crippen molar-refractivity contribution in [2.75, 3.05) is 6.54 Å². The van der Waals surface area contributed by atoms with E-state index in [4.69, 9.17) is 5.73 Å². The summed E-state index contributed by atoms with van der Waals surface area (Å²) >= 11 is 0. The summed E-state index contributed by atoms with van der Waals surface area (Å²) in [4.78, 5) is 0. The van der Waals surface area contributed by atoms with Crippen LogP contribution >= 0.6 is 0 Å². The molecule has 0 rings (SSSR count). The number of hydrogen-bond acceptors (Lipinski definition) is 3. The molecule has 0 bridgehead atoms. The molecule has 0 aliphatic heterocycles. The average molecular weight is 149 g/mol. The van der Waals surface area contributed by atoms with Crippen LogP contribution in [0.1, 0.15) is 6.92 Å². The van der Waals surface area contributed by atoms with E-state index < -0.39 is 15.1 Å². The molecule has 0 heterocycles. The van der Waals surface area contributed by atoms with E-state index in [2.05, 4.69) is 6.58 Å². The molecule has 3 nitrogen and oxygen atoms in total. The maximum atomic E-state index is 10.7. The zero-order valence-corrected chi connectivity index (χ0v) is 6.19. The van der Waals surface area contributed by atoms with Crippen molar-refractivity contribution in [1.82, 2.24) is 0 Å². The molecule has 2 N–H and O–H groups in total. The van der Waals surface area contributed by atoms with E-state index in [0.717, 1.165) is 5.41 Å². The SMILES string of the molecule is C=CS(=O)(=O)C(C)CN. The zero-order chi connectivity index (χ0) is 7.49. The molecule has 1 unspecified atom stereocenters. The molecule has 1 atom stereocenters. The molecule has 0 spiro atoms. The molecule has 9 heavy (non-hydrogen) atoms. The molecule has 4 heteroatoms. The first-order chi connectivity index (χ1) is 4.04. The van der Waals surface area contributed by atoms with Gasteiger partial charge in [0.1, 0.15) is 0 Å². The predicted molar refractivity (Wildman–Crippen MR) is 37.6 cm³/mol. The molecule has 0 fully saturated rings. The van der Waals surface area contributed by atoms with Crippen molar-refractivity contribution in [3.05, 3.63) is 12.0 Å². The molecule has 0 saturated heterocycles. The lowest BCUT2D eigenvalue weighted by molar-refractivity contribution is 0.593. The van der Waals surface area contributed by atoms with Crippen LogP contribution in [0.2, 0.25) is 0 Å². The number of nitrogens with two attached hydrogens (primary N) is 1. The van der Waals surface area contributed by atoms with Gasteiger partial charge < -0.3 is 5.73 Å². The Morgan fingerprint density at radius 2 is 2.22 bits per heavy atom. The summed E-state index contributed by atoms with van der Waals surface area (Å²) in [5.41, 5.74) is 5.11. The first kappa shape index (κ1) is 8.65. The van der Waals surface area contributed by atoms with Crippen molar-refractivity contribution in [3.8, 4) is 0 Å². The first-order valence-corrected chi connectivity index (χ1v) is 4.22. The Balaban J connectivity index is 4.35. The summed E-state index contributed by atoms with van der Waals surface area (Å²) in [5.74, 6) is 0. The largest absolute Gasteiger partial charge is 0.329 e. The quantitative estimate of drug-likeness (QED) is 0.609. The van der Waals surface area contributed by atoms with Crippen LogP contribution in [-0.2, 0) is 9.84 Å². The van der Waals surface area contributed by atoms with Gasteiger partial charge in [-0.15, -0.1) is 0 Å². The Hall–Kier alpha value is -0.350. The van der Waals surface area contributed by atoms with E-state index in [0.29, 0.717) is 0 Å². The molecule has 0 aromatic carbocycles. The minimum Gasteiger partial charge on any atom is -0.329 e. The molecule has 0 aliphatic carbocycles. The normalized spacial score (nSPS) is 14.9. The Morgan fingerprint density at radius 1 is 1.78 bits per heavy atom. The predicted octanol–water partition coefficient (Wildman–Crippen LogP) is -0.108. The van der Waals surface area contributed by atoms with E-state index in [1.165, 1.54) is 0 Å². The number of sulfone groups is 1. The minimum absolute atomic E-state index is 0.147. The van der Waals surface area contributed by atoms with Gasteiger partial charge in [0.05, 0.1) is 5.25 Å². The van der Waals surface area contributed by atoms with E-state index in [9.17, 15) is 8.42 Å². The Bertz CT molecular complexity index is 183. The highest BCUT2D eigenvalue weighted by molar-refractivity contribution is 7.94. The van der Waals surface area contributed by atoms with Crippen LogP contribution in [0.3, 0.4) is 0 Å². The maximum Gasteiger partial charge on any atom is 0.174 e. The van der Waals surface area contributed by atoms with Crippen molar-refractivity contribution in [2.24, 2.45) is 5.73 Å². The lowest BCUT2D eigenvalue weighted by atomic mass is 10.5. The molecular formula is C5H11NO2S. The Labute approximate surface area is 55.5 Å². The van der Waals surface area contributed by atoms with Crippen LogP contribution < -0.4 is 5.73 Å². The third-order valence-corrected chi connectivity index (χ3v) is 2.90. The lowest BCUT2D eigenvalue weighted by Crippen LogP contribution is -2.24. The van der Waals surface area contributed by atoms with Crippen LogP contribution in [0.5, 0.6) is 0 Å². The van der Waals surface area contributed by atoms with Crippen LogP contribution in [-0.4, -0.2) is 20.2 Å². The second-order valence-electron chi connectivity index (χ2n) is 1.80. The number of hydrogen-bond donors (Lipinski definition) is 1. The molecule has 0 aliphatic rings. The van der Waals surface area contributed by atoms with Crippen LogP contribution in [0.25, 0.3) is 0 Å². The van der Waals surface area contributed by atoms with Gasteiger partial charge in [-0.25, -0.2) is 8.42 Å². The van der Waals surface area contributed by atoms with E-state index in [1.54, 1.807) is 6.92 Å². The van der Waals surface area contributed by atoms with Crippen molar-refractivity contribution in [3.63, 3.8) is 0 Å². The van der Waals surface area contributed by atoms with Gasteiger partial charge in [-0.05, 0) is 6.92 Å². The van der Waals surface area contributed by atoms with Crippen LogP contribution in [0.4, 0.5) is 0 Å². The summed E-state index contributed by atoms with van der Waals surface area (Å²) in [6.07, 6.45) is 0. The third-order valence-electron chi connectivity index (χ3n) is 1.13. The lowest BCUT2D eigenvalue weighted by Gasteiger charge is -2.03. The third kappa shape index (κ3) is 2.15. The fraction of sp³-hybridized carbons (Fsp3) is 0.600. The summed E-state index contributed by atoms with van der Waals surface area (Å²) in [6.45, 7) is 4.86. The van der Waals surface area contributed by atoms with Gasteiger partial charge in [-0.1, -0.05) is 6.58 Å². The molecule has 0 radical (unpaired) electrons. The Kier molecular flexibility index (Phi) is 2.87. The van der Waals surface area contributed by atoms with Crippen molar-refractivity contribution in [1.29, 1.82) is 0 Å². The highest BCUT2D eigenvalue weighted by Gasteiger charge is 2.13. The van der Waals surface area contributed by atoms with Crippen molar-refractivity contribution < 1.29 is 8.42 Å². The fourth-order valence-corrected chi connectivity index (χ4v) is 0.895. The molecule has 0 saturated carbocycles. The van der Waals surface area contributed by atoms with Gasteiger partial charge in [-0.2, -0.15) is 0 Å². The van der Waals surface area contributed by atoms with Gasteiger partial charge in [0.2, 0.25) is 0 Å². The van der Waals surface area contributed by atoms with Gasteiger partial charge in [0.25, 0.3) is 0 Å². The molecule has 0 aromatic rings. The topological polar surface area (TPSA) is 60.2 Å². The van der Waals surface area contributed by atoms with Crippen LogP contribution in [0.15, 0.2) is 12.0 Å². The minimum atomic E-state index is -3.11. The summed E-state index contributed by atoms with van der Waals surface area (Å²) in [6, 6.07) is 0. The fourth-order valence-electron chi connectivity index (χ4n) is 0.298. The maximum absolute atomic E-state index is 10.7. The Morgan fingerprint density at radius 3 is 2.33 bits per heavy atom. The molecule has 0 aromatic heterocycles. The summed E-state index contributed by atoms with van der Waals surface area (Å²) < 4.78 is 21.5. The van der Waals surface area contributed by atoms with E-state index in [-0.39, 0.29) is 6.54 Å². The highest BCUT2D eigenvalue weighted by atomic mass is 32.2. The number of rotatable bonds is 3. The zero-order valence-electron chi connectivity index (χ0n) is 5.37. The highest BCUT2D eigenvalue weighted by Crippen LogP contribution is 1.98. The van der Waals surface area contributed by atoms with Crippen LogP contribution in [0, 0.1) is 0 Å². The van der Waals surface area contributed by atoms with Gasteiger partial charge in [-0.3, -0.25) is 0 Å².